The van der Waals surface area contributed by atoms with E-state index in [2.05, 4.69) is 10.0 Å². The summed E-state index contributed by atoms with van der Waals surface area (Å²) in [7, 11) is -4.00. The van der Waals surface area contributed by atoms with Gasteiger partial charge < -0.3 is 16.8 Å². The Morgan fingerprint density at radius 3 is 2.34 bits per heavy atom. The van der Waals surface area contributed by atoms with Crippen LogP contribution in [0.15, 0.2) is 59.5 Å². The molecule has 2 aromatic carbocycles. The Bertz CT molecular complexity index is 948. The van der Waals surface area contributed by atoms with E-state index in [1.54, 1.807) is 36.4 Å². The zero-order valence-corrected chi connectivity index (χ0v) is 17.0. The van der Waals surface area contributed by atoms with Crippen LogP contribution in [0.1, 0.15) is 37.8 Å². The second kappa shape index (κ2) is 10.0. The number of benzene rings is 2. The Morgan fingerprint density at radius 2 is 1.76 bits per heavy atom. The highest BCUT2D eigenvalue weighted by Crippen LogP contribution is 2.23. The number of anilines is 1. The van der Waals surface area contributed by atoms with Crippen molar-refractivity contribution in [1.29, 1.82) is 0 Å². The topological polar surface area (TPSA) is 144 Å². The third-order valence-corrected chi connectivity index (χ3v) is 5.78. The molecule has 2 aromatic rings. The average Bonchev–Trinajstić information content (AvgIpc) is 2.69. The van der Waals surface area contributed by atoms with E-state index < -0.39 is 28.0 Å². The molecule has 0 bridgehead atoms. The molecule has 0 spiro atoms. The van der Waals surface area contributed by atoms with Crippen molar-refractivity contribution in [3.63, 3.8) is 0 Å². The van der Waals surface area contributed by atoms with Crippen LogP contribution in [-0.4, -0.2) is 26.3 Å². The summed E-state index contributed by atoms with van der Waals surface area (Å²) >= 11 is 0. The Hall–Kier alpha value is -2.91. The third-order valence-electron chi connectivity index (χ3n) is 4.32. The predicted molar refractivity (Wildman–Crippen MR) is 111 cm³/mol. The predicted octanol–water partition coefficient (Wildman–Crippen LogP) is 1.45. The van der Waals surface area contributed by atoms with Gasteiger partial charge in [0.2, 0.25) is 21.8 Å². The molecule has 0 saturated heterocycles. The van der Waals surface area contributed by atoms with Crippen LogP contribution in [0, 0.1) is 0 Å². The van der Waals surface area contributed by atoms with E-state index in [9.17, 15) is 18.0 Å². The summed E-state index contributed by atoms with van der Waals surface area (Å²) < 4.78 is 28.3. The van der Waals surface area contributed by atoms with Crippen LogP contribution in [0.4, 0.5) is 5.69 Å². The molecular weight excluding hydrogens is 392 g/mol. The second-order valence-corrected chi connectivity index (χ2v) is 8.35. The molecule has 0 heterocycles. The molecule has 0 saturated carbocycles. The molecule has 0 aliphatic rings. The van der Waals surface area contributed by atoms with Gasteiger partial charge in [-0.2, -0.15) is 0 Å². The number of sulfonamides is 1. The molecular formula is C20H26N4O4S. The van der Waals surface area contributed by atoms with Crippen molar-refractivity contribution >= 4 is 27.5 Å². The Balaban J connectivity index is 2.43. The molecule has 2 rings (SSSR count). The number of nitrogen functional groups attached to an aromatic ring is 1. The van der Waals surface area contributed by atoms with Gasteiger partial charge in [0.25, 0.3) is 0 Å². The van der Waals surface area contributed by atoms with Crippen molar-refractivity contribution in [3.8, 4) is 0 Å². The van der Waals surface area contributed by atoms with Crippen LogP contribution < -0.4 is 21.5 Å². The summed E-state index contributed by atoms with van der Waals surface area (Å²) in [5, 5.41) is 2.56. The molecule has 156 valence electrons. The Labute approximate surface area is 170 Å². The molecule has 8 nitrogen and oxygen atoms in total. The quantitative estimate of drug-likeness (QED) is 0.432. The largest absolute Gasteiger partial charge is 0.399 e. The lowest BCUT2D eigenvalue weighted by Gasteiger charge is -2.27. The summed E-state index contributed by atoms with van der Waals surface area (Å²) in [6, 6.07) is 11.7. The minimum absolute atomic E-state index is 0.0226. The first-order valence-corrected chi connectivity index (χ1v) is 10.7. The minimum atomic E-state index is -4.00. The lowest BCUT2D eigenvalue weighted by Crippen LogP contribution is -2.53. The molecule has 6 N–H and O–H groups in total. The van der Waals surface area contributed by atoms with Crippen LogP contribution in [0.25, 0.3) is 0 Å². The van der Waals surface area contributed by atoms with Crippen molar-refractivity contribution in [2.45, 2.75) is 43.2 Å². The van der Waals surface area contributed by atoms with E-state index in [0.29, 0.717) is 17.7 Å². The van der Waals surface area contributed by atoms with Gasteiger partial charge in [-0.25, -0.2) is 13.1 Å². The third kappa shape index (κ3) is 6.30. The van der Waals surface area contributed by atoms with E-state index >= 15 is 0 Å². The van der Waals surface area contributed by atoms with E-state index in [1.165, 1.54) is 18.2 Å². The number of hydrogen-bond acceptors (Lipinski definition) is 5. The molecule has 0 aliphatic carbocycles. The molecule has 2 atom stereocenters. The lowest BCUT2D eigenvalue weighted by molar-refractivity contribution is -0.128. The molecule has 0 aromatic heterocycles. The van der Waals surface area contributed by atoms with Gasteiger partial charge in [0.1, 0.15) is 6.04 Å². The fourth-order valence-electron chi connectivity index (χ4n) is 2.82. The molecule has 0 aliphatic heterocycles. The first kappa shape index (κ1) is 22.4. The monoisotopic (exact) mass is 418 g/mol. The number of amides is 2. The molecule has 29 heavy (non-hydrogen) atoms. The van der Waals surface area contributed by atoms with Gasteiger partial charge in [0.05, 0.1) is 10.9 Å². The average molecular weight is 419 g/mol. The van der Waals surface area contributed by atoms with Crippen molar-refractivity contribution in [1.82, 2.24) is 10.0 Å². The summed E-state index contributed by atoms with van der Waals surface area (Å²) in [6.45, 7) is 1.93. The number of carbonyl (C=O) groups is 2. The maximum atomic E-state index is 12.9. The standard InChI is InChI=1S/C20H26N4O4S/c1-2-3-12-17(25)23-19(20(22)26)18(14-8-7-9-15(21)13-14)24-29(27,28)16-10-5-4-6-11-16/h4-11,13,18-19,24H,2-3,12,21H2,1H3,(H2,22,26)(H,23,25)/t18-,19-/m0/s1. The first-order chi connectivity index (χ1) is 13.7. The number of carbonyl (C=O) groups excluding carboxylic acids is 2. The lowest BCUT2D eigenvalue weighted by atomic mass is 9.99. The number of rotatable bonds is 10. The number of unbranched alkanes of at least 4 members (excludes halogenated alkanes) is 1. The molecule has 2 amide bonds. The van der Waals surface area contributed by atoms with Crippen molar-refractivity contribution in [2.24, 2.45) is 5.73 Å². The maximum Gasteiger partial charge on any atom is 0.242 e. The highest BCUT2D eigenvalue weighted by Gasteiger charge is 2.33. The van der Waals surface area contributed by atoms with Crippen LogP contribution in [-0.2, 0) is 19.6 Å². The summed E-state index contributed by atoms with van der Waals surface area (Å²) in [4.78, 5) is 24.4. The van der Waals surface area contributed by atoms with Crippen molar-refractivity contribution in [2.75, 3.05) is 5.73 Å². The van der Waals surface area contributed by atoms with Gasteiger partial charge in [0, 0.05) is 12.1 Å². The van der Waals surface area contributed by atoms with E-state index in [4.69, 9.17) is 11.5 Å². The van der Waals surface area contributed by atoms with Gasteiger partial charge in [-0.3, -0.25) is 9.59 Å². The second-order valence-electron chi connectivity index (χ2n) is 6.63. The molecule has 0 fully saturated rings. The zero-order valence-electron chi connectivity index (χ0n) is 16.2. The van der Waals surface area contributed by atoms with Crippen molar-refractivity contribution in [3.05, 3.63) is 60.2 Å². The normalized spacial score (nSPS) is 13.4. The molecule has 9 heteroatoms. The van der Waals surface area contributed by atoms with Gasteiger partial charge >= 0.3 is 0 Å². The first-order valence-electron chi connectivity index (χ1n) is 9.26. The summed E-state index contributed by atoms with van der Waals surface area (Å²) in [6.07, 6.45) is 1.64. The highest BCUT2D eigenvalue weighted by molar-refractivity contribution is 7.89. The van der Waals surface area contributed by atoms with E-state index in [0.717, 1.165) is 6.42 Å². The minimum Gasteiger partial charge on any atom is -0.399 e. The van der Waals surface area contributed by atoms with Crippen LogP contribution in [0.5, 0.6) is 0 Å². The Kier molecular flexibility index (Phi) is 7.74. The Morgan fingerprint density at radius 1 is 1.07 bits per heavy atom. The smallest absolute Gasteiger partial charge is 0.242 e. The highest BCUT2D eigenvalue weighted by atomic mass is 32.2. The number of primary amides is 1. The van der Waals surface area contributed by atoms with Gasteiger partial charge in [-0.15, -0.1) is 0 Å². The summed E-state index contributed by atoms with van der Waals surface area (Å²) in [5.74, 6) is -1.25. The SMILES string of the molecule is CCCCC(=O)N[C@H](C(N)=O)[C@@H](NS(=O)(=O)c1ccccc1)c1cccc(N)c1. The van der Waals surface area contributed by atoms with E-state index in [-0.39, 0.29) is 17.2 Å². The van der Waals surface area contributed by atoms with E-state index in [1.807, 2.05) is 6.92 Å². The molecule has 0 radical (unpaired) electrons. The van der Waals surface area contributed by atoms with Gasteiger partial charge in [0.15, 0.2) is 0 Å². The van der Waals surface area contributed by atoms with Gasteiger partial charge in [-0.05, 0) is 36.2 Å². The van der Waals surface area contributed by atoms with Crippen molar-refractivity contribution < 1.29 is 18.0 Å². The van der Waals surface area contributed by atoms with Crippen LogP contribution in [0.3, 0.4) is 0 Å². The number of nitrogens with two attached hydrogens (primary N) is 2. The fourth-order valence-corrected chi connectivity index (χ4v) is 4.08. The van der Waals surface area contributed by atoms with Crippen LogP contribution >= 0.6 is 0 Å². The van der Waals surface area contributed by atoms with Crippen LogP contribution in [0.2, 0.25) is 0 Å². The fraction of sp³-hybridized carbons (Fsp3) is 0.300. The van der Waals surface area contributed by atoms with Gasteiger partial charge in [-0.1, -0.05) is 43.7 Å². The maximum absolute atomic E-state index is 12.9. The number of nitrogens with one attached hydrogen (secondary N) is 2. The molecule has 0 unspecified atom stereocenters. The summed E-state index contributed by atoms with van der Waals surface area (Å²) in [5.41, 5.74) is 12.1. The zero-order chi connectivity index (χ0) is 21.4. The number of hydrogen-bond donors (Lipinski definition) is 4.